The van der Waals surface area contributed by atoms with Crippen LogP contribution in [0.1, 0.15) is 18.7 Å². The summed E-state index contributed by atoms with van der Waals surface area (Å²) in [6.07, 6.45) is 0.239. The van der Waals surface area contributed by atoms with Crippen molar-refractivity contribution in [2.24, 2.45) is 0 Å². The first-order chi connectivity index (χ1) is 6.68. The van der Waals surface area contributed by atoms with Crippen LogP contribution in [0.25, 0.3) is 0 Å². The number of fused-ring (bicyclic) bond motifs is 1. The number of rotatable bonds is 1. The zero-order valence-electron chi connectivity index (χ0n) is 8.11. The number of nitrogens with one attached hydrogen (secondary N) is 1. The normalized spacial score (nSPS) is 16.5. The van der Waals surface area contributed by atoms with Crippen LogP contribution in [0.15, 0.2) is 16.6 Å². The minimum atomic E-state index is -0.918. The molecule has 4 heteroatoms. The largest absolute Gasteiger partial charge is 0.386 e. The van der Waals surface area contributed by atoms with Gasteiger partial charge in [-0.3, -0.25) is 0 Å². The van der Waals surface area contributed by atoms with E-state index in [1.54, 1.807) is 6.92 Å². The zero-order valence-corrected chi connectivity index (χ0v) is 9.70. The predicted octanol–water partition coefficient (Wildman–Crippen LogP) is 2.39. The average Bonchev–Trinajstić information content (AvgIpc) is 2.16. The van der Waals surface area contributed by atoms with E-state index in [2.05, 4.69) is 21.2 Å². The molecule has 0 aromatic heterocycles. The van der Waals surface area contributed by atoms with Gasteiger partial charge in [-0.25, -0.2) is 4.39 Å². The van der Waals surface area contributed by atoms with Gasteiger partial charge >= 0.3 is 0 Å². The molecule has 1 atom stereocenters. The molecule has 0 radical (unpaired) electrons. The molecule has 1 unspecified atom stereocenters. The van der Waals surface area contributed by atoms with Crippen molar-refractivity contribution in [3.63, 3.8) is 0 Å². The van der Waals surface area contributed by atoms with Crippen LogP contribution in [0.3, 0.4) is 0 Å². The highest BCUT2D eigenvalue weighted by Crippen LogP contribution is 2.28. The van der Waals surface area contributed by atoms with E-state index in [4.69, 9.17) is 0 Å². The predicted molar refractivity (Wildman–Crippen MR) is 63.7 cm³/mol. The second-order valence-corrected chi connectivity index (χ2v) is 4.53. The van der Waals surface area contributed by atoms with E-state index >= 15 is 0 Å². The molecule has 1 aliphatic heterocycles. The van der Waals surface area contributed by atoms with Gasteiger partial charge in [0.15, 0.2) is 7.28 Å². The van der Waals surface area contributed by atoms with Gasteiger partial charge in [0.25, 0.3) is 0 Å². The number of hydrogen-bond donors (Lipinski definition) is 1. The summed E-state index contributed by atoms with van der Waals surface area (Å²) in [5.74, 6) is 0. The highest BCUT2D eigenvalue weighted by molar-refractivity contribution is 9.10. The Morgan fingerprint density at radius 2 is 2.36 bits per heavy atom. The first kappa shape index (κ1) is 10.0. The number of hydrogen-bond acceptors (Lipinski definition) is 1. The van der Waals surface area contributed by atoms with E-state index in [1.165, 1.54) is 5.46 Å². The van der Waals surface area contributed by atoms with Gasteiger partial charge in [0.2, 0.25) is 0 Å². The van der Waals surface area contributed by atoms with Gasteiger partial charge in [0.05, 0.1) is 0 Å². The van der Waals surface area contributed by atoms with Crippen molar-refractivity contribution in [3.05, 3.63) is 22.2 Å². The van der Waals surface area contributed by atoms with Crippen molar-refractivity contribution >= 4 is 34.4 Å². The van der Waals surface area contributed by atoms with Crippen LogP contribution >= 0.6 is 15.9 Å². The third-order valence-corrected chi connectivity index (χ3v) is 3.28. The molecule has 0 fully saturated rings. The second-order valence-electron chi connectivity index (χ2n) is 3.68. The molecule has 74 valence electrons. The van der Waals surface area contributed by atoms with Gasteiger partial charge in [-0.1, -0.05) is 33.8 Å². The monoisotopic (exact) mass is 255 g/mol. The molecular weight excluding hydrogens is 244 g/mol. The molecule has 0 saturated carbocycles. The number of benzene rings is 1. The minimum absolute atomic E-state index is 0.734. The molecule has 0 spiro atoms. The lowest BCUT2D eigenvalue weighted by Gasteiger charge is -2.19. The SMILES string of the molecule is CC(F)c1cc2c(cc1Br)BCCN2. The summed E-state index contributed by atoms with van der Waals surface area (Å²) in [5.41, 5.74) is 3.12. The van der Waals surface area contributed by atoms with E-state index in [0.717, 1.165) is 35.9 Å². The van der Waals surface area contributed by atoms with E-state index < -0.39 is 6.17 Å². The molecule has 1 nitrogen and oxygen atoms in total. The summed E-state index contributed by atoms with van der Waals surface area (Å²) in [7, 11) is 1.09. The topological polar surface area (TPSA) is 12.0 Å². The lowest BCUT2D eigenvalue weighted by Crippen LogP contribution is -2.27. The molecule has 2 rings (SSSR count). The number of alkyl halides is 1. The summed E-state index contributed by atoms with van der Waals surface area (Å²) in [5, 5.41) is 3.30. The van der Waals surface area contributed by atoms with Crippen LogP contribution in [-0.2, 0) is 0 Å². The van der Waals surface area contributed by atoms with Gasteiger partial charge in [-0.2, -0.15) is 0 Å². The van der Waals surface area contributed by atoms with Gasteiger partial charge < -0.3 is 5.32 Å². The fraction of sp³-hybridized carbons (Fsp3) is 0.400. The Balaban J connectivity index is 2.45. The molecule has 14 heavy (non-hydrogen) atoms. The molecule has 0 saturated heterocycles. The fourth-order valence-electron chi connectivity index (χ4n) is 1.81. The van der Waals surface area contributed by atoms with E-state index in [0.29, 0.717) is 0 Å². The second kappa shape index (κ2) is 3.93. The summed E-state index contributed by atoms with van der Waals surface area (Å²) in [6, 6.07) is 3.95. The van der Waals surface area contributed by atoms with Gasteiger partial charge in [0.1, 0.15) is 6.17 Å². The molecule has 0 aliphatic carbocycles. The first-order valence-corrected chi connectivity index (χ1v) is 5.68. The summed E-state index contributed by atoms with van der Waals surface area (Å²) in [6.45, 7) is 2.56. The van der Waals surface area contributed by atoms with E-state index in [1.807, 2.05) is 12.1 Å². The Kier molecular flexibility index (Phi) is 2.82. The quantitative estimate of drug-likeness (QED) is 0.760. The molecule has 1 aliphatic rings. The Bertz CT molecular complexity index is 354. The molecule has 0 amide bonds. The van der Waals surface area contributed by atoms with Gasteiger partial charge in [-0.15, -0.1) is 0 Å². The van der Waals surface area contributed by atoms with Crippen LogP contribution in [-0.4, -0.2) is 13.8 Å². The Morgan fingerprint density at radius 3 is 3.07 bits per heavy atom. The standard InChI is InChI=1S/C10H12BBrFN/c1-6(13)7-4-10-8(5-9(7)12)11-2-3-14-10/h4-6,11,14H,2-3H2,1H3. The van der Waals surface area contributed by atoms with Gasteiger partial charge in [-0.05, 0) is 13.0 Å². The van der Waals surface area contributed by atoms with Crippen molar-refractivity contribution in [2.75, 3.05) is 11.9 Å². The highest BCUT2D eigenvalue weighted by Gasteiger charge is 2.15. The van der Waals surface area contributed by atoms with Gasteiger partial charge in [0, 0.05) is 22.3 Å². The molecule has 0 bridgehead atoms. The van der Waals surface area contributed by atoms with Crippen molar-refractivity contribution in [1.82, 2.24) is 0 Å². The lowest BCUT2D eigenvalue weighted by molar-refractivity contribution is 0.373. The molecule has 1 aromatic rings. The van der Waals surface area contributed by atoms with Crippen molar-refractivity contribution in [1.29, 1.82) is 0 Å². The fourth-order valence-corrected chi connectivity index (χ4v) is 2.52. The zero-order chi connectivity index (χ0) is 10.1. The Labute approximate surface area is 92.5 Å². The number of halogens is 2. The van der Waals surface area contributed by atoms with Crippen LogP contribution in [0, 0.1) is 0 Å². The number of anilines is 1. The van der Waals surface area contributed by atoms with Crippen LogP contribution in [0.5, 0.6) is 0 Å². The molecule has 1 aromatic carbocycles. The summed E-state index contributed by atoms with van der Waals surface area (Å²) < 4.78 is 14.1. The molecule has 1 heterocycles. The third-order valence-electron chi connectivity index (χ3n) is 2.59. The third kappa shape index (κ3) is 1.80. The average molecular weight is 256 g/mol. The summed E-state index contributed by atoms with van der Waals surface area (Å²) >= 11 is 3.41. The van der Waals surface area contributed by atoms with E-state index in [-0.39, 0.29) is 0 Å². The lowest BCUT2D eigenvalue weighted by atomic mass is 9.64. The first-order valence-electron chi connectivity index (χ1n) is 4.89. The van der Waals surface area contributed by atoms with Crippen LogP contribution in [0.4, 0.5) is 10.1 Å². The van der Waals surface area contributed by atoms with Crippen LogP contribution < -0.4 is 10.8 Å². The smallest absolute Gasteiger partial charge is 0.162 e. The van der Waals surface area contributed by atoms with Crippen molar-refractivity contribution in [2.45, 2.75) is 19.4 Å². The maximum Gasteiger partial charge on any atom is 0.162 e. The van der Waals surface area contributed by atoms with E-state index in [9.17, 15) is 4.39 Å². The maximum absolute atomic E-state index is 13.2. The maximum atomic E-state index is 13.2. The summed E-state index contributed by atoms with van der Waals surface area (Å²) in [4.78, 5) is 0. The van der Waals surface area contributed by atoms with Crippen molar-refractivity contribution < 1.29 is 4.39 Å². The molecule has 1 N–H and O–H groups in total. The molecular formula is C10H12BBrFN. The Hall–Kier alpha value is -0.505. The highest BCUT2D eigenvalue weighted by atomic mass is 79.9. The Morgan fingerprint density at radius 1 is 1.57 bits per heavy atom. The van der Waals surface area contributed by atoms with Crippen molar-refractivity contribution in [3.8, 4) is 0 Å². The van der Waals surface area contributed by atoms with Crippen LogP contribution in [0.2, 0.25) is 6.32 Å². The minimum Gasteiger partial charge on any atom is -0.386 e.